The summed E-state index contributed by atoms with van der Waals surface area (Å²) in [6, 6.07) is 4.75. The molecule has 1 aromatic heterocycles. The van der Waals surface area contributed by atoms with Crippen molar-refractivity contribution in [2.24, 2.45) is 5.92 Å². The molecule has 76 valence electrons. The normalized spacial score (nSPS) is 18.7. The van der Waals surface area contributed by atoms with E-state index in [1.165, 1.54) is 24.9 Å². The highest BCUT2D eigenvalue weighted by molar-refractivity contribution is 5.43. The van der Waals surface area contributed by atoms with Crippen LogP contribution < -0.4 is 5.32 Å². The van der Waals surface area contributed by atoms with Gasteiger partial charge in [0.1, 0.15) is 0 Å². The Kier molecular flexibility index (Phi) is 2.71. The van der Waals surface area contributed by atoms with Crippen LogP contribution in [0.1, 0.15) is 31.9 Å². The first kappa shape index (κ1) is 9.50. The molecule has 2 rings (SSSR count). The lowest BCUT2D eigenvalue weighted by molar-refractivity contribution is 0.285. The Morgan fingerprint density at radius 1 is 1.50 bits per heavy atom. The van der Waals surface area contributed by atoms with Gasteiger partial charge in [0.2, 0.25) is 0 Å². The molecule has 1 aliphatic rings. The maximum atomic E-state index is 4.19. The highest BCUT2D eigenvalue weighted by Crippen LogP contribution is 2.30. The highest BCUT2D eigenvalue weighted by atomic mass is 14.9. The zero-order chi connectivity index (χ0) is 9.97. The quantitative estimate of drug-likeness (QED) is 0.792. The molecule has 0 radical (unpaired) electrons. The Labute approximate surface area is 85.7 Å². The van der Waals surface area contributed by atoms with E-state index in [1.807, 2.05) is 19.2 Å². The number of anilines is 1. The van der Waals surface area contributed by atoms with Gasteiger partial charge in [-0.2, -0.15) is 0 Å². The summed E-state index contributed by atoms with van der Waals surface area (Å²) in [7, 11) is 0. The minimum atomic E-state index is 0.602. The van der Waals surface area contributed by atoms with Crippen molar-refractivity contribution < 1.29 is 0 Å². The van der Waals surface area contributed by atoms with Crippen LogP contribution in [0.3, 0.4) is 0 Å². The molecule has 1 atom stereocenters. The van der Waals surface area contributed by atoms with Gasteiger partial charge < -0.3 is 5.32 Å². The SMILES string of the molecule is Cc1cc(N[C@@H](C)C2CCC2)ccn1. The van der Waals surface area contributed by atoms with Crippen LogP contribution in [-0.2, 0) is 0 Å². The minimum absolute atomic E-state index is 0.602. The largest absolute Gasteiger partial charge is 0.382 e. The third-order valence-electron chi connectivity index (χ3n) is 3.15. The molecule has 0 unspecified atom stereocenters. The van der Waals surface area contributed by atoms with Gasteiger partial charge in [0.15, 0.2) is 0 Å². The van der Waals surface area contributed by atoms with Gasteiger partial charge in [-0.1, -0.05) is 6.42 Å². The van der Waals surface area contributed by atoms with E-state index in [0.29, 0.717) is 6.04 Å². The molecule has 1 fully saturated rings. The standard InChI is InChI=1S/C12H18N2/c1-9-8-12(6-7-13-9)14-10(2)11-4-3-5-11/h6-8,10-11H,3-5H2,1-2H3,(H,13,14)/t10-/m0/s1. The number of hydrogen-bond donors (Lipinski definition) is 1. The molecule has 0 aliphatic heterocycles. The van der Waals surface area contributed by atoms with Crippen LogP contribution >= 0.6 is 0 Å². The van der Waals surface area contributed by atoms with Crippen molar-refractivity contribution in [3.05, 3.63) is 24.0 Å². The van der Waals surface area contributed by atoms with Gasteiger partial charge in [-0.3, -0.25) is 4.98 Å². The summed E-state index contributed by atoms with van der Waals surface area (Å²) in [6.07, 6.45) is 6.05. The topological polar surface area (TPSA) is 24.9 Å². The maximum absolute atomic E-state index is 4.19. The molecule has 2 nitrogen and oxygen atoms in total. The van der Waals surface area contributed by atoms with Crippen LogP contribution in [0.2, 0.25) is 0 Å². The fourth-order valence-corrected chi connectivity index (χ4v) is 1.96. The predicted molar refractivity (Wildman–Crippen MR) is 59.4 cm³/mol. The van der Waals surface area contributed by atoms with Gasteiger partial charge >= 0.3 is 0 Å². The van der Waals surface area contributed by atoms with E-state index in [-0.39, 0.29) is 0 Å². The van der Waals surface area contributed by atoms with E-state index < -0.39 is 0 Å². The van der Waals surface area contributed by atoms with Crippen LogP contribution in [-0.4, -0.2) is 11.0 Å². The summed E-state index contributed by atoms with van der Waals surface area (Å²) in [5.41, 5.74) is 2.28. The summed E-state index contributed by atoms with van der Waals surface area (Å²) >= 11 is 0. The average molecular weight is 190 g/mol. The average Bonchev–Trinajstić information content (AvgIpc) is 1.99. The molecular weight excluding hydrogens is 172 g/mol. The second-order valence-corrected chi connectivity index (χ2v) is 4.31. The molecule has 1 heterocycles. The second-order valence-electron chi connectivity index (χ2n) is 4.31. The van der Waals surface area contributed by atoms with Gasteiger partial charge in [-0.15, -0.1) is 0 Å². The summed E-state index contributed by atoms with van der Waals surface area (Å²) in [5, 5.41) is 3.54. The van der Waals surface area contributed by atoms with Crippen LogP contribution in [0.5, 0.6) is 0 Å². The molecule has 0 saturated heterocycles. The third-order valence-corrected chi connectivity index (χ3v) is 3.15. The highest BCUT2D eigenvalue weighted by Gasteiger charge is 2.23. The number of nitrogens with zero attached hydrogens (tertiary/aromatic N) is 1. The Balaban J connectivity index is 1.95. The summed E-state index contributed by atoms with van der Waals surface area (Å²) in [5.74, 6) is 0.878. The number of pyridine rings is 1. The number of aryl methyl sites for hydroxylation is 1. The van der Waals surface area contributed by atoms with Gasteiger partial charge in [-0.05, 0) is 44.7 Å². The van der Waals surface area contributed by atoms with Crippen molar-refractivity contribution in [2.75, 3.05) is 5.32 Å². The van der Waals surface area contributed by atoms with Gasteiger partial charge in [0.25, 0.3) is 0 Å². The first-order chi connectivity index (χ1) is 6.75. The summed E-state index contributed by atoms with van der Waals surface area (Å²) < 4.78 is 0. The summed E-state index contributed by atoms with van der Waals surface area (Å²) in [4.78, 5) is 4.19. The number of rotatable bonds is 3. The van der Waals surface area contributed by atoms with Crippen molar-refractivity contribution in [2.45, 2.75) is 39.2 Å². The molecule has 1 aliphatic carbocycles. The molecule has 1 saturated carbocycles. The van der Waals surface area contributed by atoms with E-state index in [9.17, 15) is 0 Å². The molecule has 0 bridgehead atoms. The first-order valence-electron chi connectivity index (χ1n) is 5.45. The van der Waals surface area contributed by atoms with E-state index in [0.717, 1.165) is 11.6 Å². The first-order valence-corrected chi connectivity index (χ1v) is 5.45. The van der Waals surface area contributed by atoms with Gasteiger partial charge in [0.05, 0.1) is 0 Å². The van der Waals surface area contributed by atoms with Crippen LogP contribution in [0, 0.1) is 12.8 Å². The minimum Gasteiger partial charge on any atom is -0.382 e. The van der Waals surface area contributed by atoms with E-state index in [4.69, 9.17) is 0 Å². The predicted octanol–water partition coefficient (Wildman–Crippen LogP) is 2.99. The van der Waals surface area contributed by atoms with Crippen molar-refractivity contribution in [3.63, 3.8) is 0 Å². The molecule has 1 N–H and O–H groups in total. The molecule has 0 amide bonds. The van der Waals surface area contributed by atoms with Gasteiger partial charge in [-0.25, -0.2) is 0 Å². The van der Waals surface area contributed by atoms with Crippen LogP contribution in [0.4, 0.5) is 5.69 Å². The molecule has 14 heavy (non-hydrogen) atoms. The molecular formula is C12H18N2. The fourth-order valence-electron chi connectivity index (χ4n) is 1.96. The molecule has 0 aromatic carbocycles. The third kappa shape index (κ3) is 2.06. The second kappa shape index (κ2) is 3.99. The smallest absolute Gasteiger partial charge is 0.0393 e. The van der Waals surface area contributed by atoms with E-state index in [2.05, 4.69) is 23.3 Å². The van der Waals surface area contributed by atoms with Crippen LogP contribution in [0.25, 0.3) is 0 Å². The Hall–Kier alpha value is -1.05. The number of aromatic nitrogens is 1. The lowest BCUT2D eigenvalue weighted by atomic mass is 9.80. The zero-order valence-electron chi connectivity index (χ0n) is 8.96. The lowest BCUT2D eigenvalue weighted by Crippen LogP contribution is -2.30. The number of hydrogen-bond acceptors (Lipinski definition) is 2. The van der Waals surface area contributed by atoms with Gasteiger partial charge in [0, 0.05) is 23.6 Å². The molecule has 1 aromatic rings. The van der Waals surface area contributed by atoms with Crippen molar-refractivity contribution in [3.8, 4) is 0 Å². The van der Waals surface area contributed by atoms with E-state index in [1.54, 1.807) is 0 Å². The van der Waals surface area contributed by atoms with Crippen LogP contribution in [0.15, 0.2) is 18.3 Å². The Morgan fingerprint density at radius 2 is 2.29 bits per heavy atom. The van der Waals surface area contributed by atoms with Crippen molar-refractivity contribution in [1.29, 1.82) is 0 Å². The van der Waals surface area contributed by atoms with E-state index >= 15 is 0 Å². The monoisotopic (exact) mass is 190 g/mol. The Bertz CT molecular complexity index is 305. The number of nitrogens with one attached hydrogen (secondary N) is 1. The lowest BCUT2D eigenvalue weighted by Gasteiger charge is -2.32. The maximum Gasteiger partial charge on any atom is 0.0393 e. The fraction of sp³-hybridized carbons (Fsp3) is 0.583. The zero-order valence-corrected chi connectivity index (χ0v) is 8.96. The summed E-state index contributed by atoms with van der Waals surface area (Å²) in [6.45, 7) is 4.30. The molecule has 2 heteroatoms. The van der Waals surface area contributed by atoms with Crippen molar-refractivity contribution >= 4 is 5.69 Å². The Morgan fingerprint density at radius 3 is 2.86 bits per heavy atom. The van der Waals surface area contributed by atoms with Crippen molar-refractivity contribution in [1.82, 2.24) is 4.98 Å². The molecule has 0 spiro atoms.